The molecule has 140 valence electrons. The summed E-state index contributed by atoms with van der Waals surface area (Å²) in [5.41, 5.74) is 0.983. The van der Waals surface area contributed by atoms with Gasteiger partial charge < -0.3 is 5.11 Å². The Morgan fingerprint density at radius 2 is 1.89 bits per heavy atom. The van der Waals surface area contributed by atoms with Crippen molar-refractivity contribution in [3.8, 4) is 0 Å². The second-order valence-electron chi connectivity index (χ2n) is 6.21. The molecule has 28 heavy (non-hydrogen) atoms. The van der Waals surface area contributed by atoms with Crippen molar-refractivity contribution in [2.75, 3.05) is 4.90 Å². The number of aliphatic hydroxyl groups excluding tert-OH is 1. The normalized spacial score (nSPS) is 16.8. The predicted octanol–water partition coefficient (Wildman–Crippen LogP) is 3.69. The summed E-state index contributed by atoms with van der Waals surface area (Å²) in [4.78, 5) is 41.1. The summed E-state index contributed by atoms with van der Waals surface area (Å²) >= 11 is 1.26. The minimum atomic E-state index is -0.911. The lowest BCUT2D eigenvalue weighted by molar-refractivity contribution is -0.384. The highest BCUT2D eigenvalue weighted by Gasteiger charge is 2.44. The Bertz CT molecular complexity index is 1130. The van der Waals surface area contributed by atoms with Gasteiger partial charge in [-0.25, -0.2) is 4.98 Å². The van der Waals surface area contributed by atoms with E-state index in [-0.39, 0.29) is 11.3 Å². The summed E-state index contributed by atoms with van der Waals surface area (Å²) in [6.07, 6.45) is 0. The number of carbonyl (C=O) groups is 2. The number of aromatic nitrogens is 1. The Balaban J connectivity index is 1.87. The summed E-state index contributed by atoms with van der Waals surface area (Å²) in [7, 11) is 0. The summed E-state index contributed by atoms with van der Waals surface area (Å²) in [5.74, 6) is -1.82. The van der Waals surface area contributed by atoms with Crippen LogP contribution in [0.5, 0.6) is 0 Å². The molecule has 0 spiro atoms. The first-order valence-electron chi connectivity index (χ1n) is 8.26. The second kappa shape index (κ2) is 6.54. The number of ketones is 1. The van der Waals surface area contributed by atoms with Gasteiger partial charge in [-0.1, -0.05) is 23.5 Å². The lowest BCUT2D eigenvalue weighted by Crippen LogP contribution is -2.30. The third kappa shape index (κ3) is 2.72. The van der Waals surface area contributed by atoms with Crippen LogP contribution >= 0.6 is 11.3 Å². The van der Waals surface area contributed by atoms with Gasteiger partial charge >= 0.3 is 0 Å². The van der Waals surface area contributed by atoms with E-state index in [4.69, 9.17) is 0 Å². The van der Waals surface area contributed by atoms with Crippen molar-refractivity contribution in [2.24, 2.45) is 0 Å². The molecule has 2 aromatic carbocycles. The molecule has 1 unspecified atom stereocenters. The maximum atomic E-state index is 12.8. The van der Waals surface area contributed by atoms with E-state index in [2.05, 4.69) is 4.98 Å². The summed E-state index contributed by atoms with van der Waals surface area (Å²) in [6, 6.07) is 11.9. The predicted molar refractivity (Wildman–Crippen MR) is 103 cm³/mol. The molecule has 1 aromatic heterocycles. The molecule has 2 heterocycles. The zero-order valence-corrected chi connectivity index (χ0v) is 15.3. The van der Waals surface area contributed by atoms with Gasteiger partial charge in [0.15, 0.2) is 16.7 Å². The lowest BCUT2D eigenvalue weighted by Gasteiger charge is -2.24. The molecule has 1 aliphatic heterocycles. The third-order valence-corrected chi connectivity index (χ3v) is 5.53. The van der Waals surface area contributed by atoms with Gasteiger partial charge in [0, 0.05) is 12.1 Å². The quantitative estimate of drug-likeness (QED) is 0.532. The van der Waals surface area contributed by atoms with E-state index in [1.807, 2.05) is 18.2 Å². The van der Waals surface area contributed by atoms with Gasteiger partial charge in [0.25, 0.3) is 11.6 Å². The Kier molecular flexibility index (Phi) is 4.16. The van der Waals surface area contributed by atoms with Crippen molar-refractivity contribution in [3.05, 3.63) is 75.5 Å². The van der Waals surface area contributed by atoms with Gasteiger partial charge in [-0.05, 0) is 36.8 Å². The average Bonchev–Trinajstić information content (AvgIpc) is 3.20. The summed E-state index contributed by atoms with van der Waals surface area (Å²) in [5, 5.41) is 21.6. The van der Waals surface area contributed by atoms with Crippen LogP contribution in [0, 0.1) is 10.1 Å². The zero-order valence-electron chi connectivity index (χ0n) is 14.5. The molecule has 0 fully saturated rings. The largest absolute Gasteiger partial charge is 0.503 e. The number of thiazole rings is 1. The smallest absolute Gasteiger partial charge is 0.296 e. The van der Waals surface area contributed by atoms with Gasteiger partial charge in [-0.2, -0.15) is 0 Å². The second-order valence-corrected chi connectivity index (χ2v) is 7.22. The van der Waals surface area contributed by atoms with Gasteiger partial charge in [0.1, 0.15) is 0 Å². The van der Waals surface area contributed by atoms with E-state index in [0.717, 1.165) is 4.70 Å². The SMILES string of the molecule is CC(=O)C1=C(O)C(=O)N(c2nc3ccccc3s2)C1c1ccc([N+](=O)[O-])cc1. The van der Waals surface area contributed by atoms with Crippen LogP contribution in [0.1, 0.15) is 18.5 Å². The number of fused-ring (bicyclic) bond motifs is 1. The van der Waals surface area contributed by atoms with Crippen molar-refractivity contribution in [1.29, 1.82) is 0 Å². The molecule has 1 N–H and O–H groups in total. The fraction of sp³-hybridized carbons (Fsp3) is 0.105. The van der Waals surface area contributed by atoms with Gasteiger partial charge in [-0.15, -0.1) is 0 Å². The van der Waals surface area contributed by atoms with Crippen molar-refractivity contribution in [1.82, 2.24) is 4.98 Å². The number of aliphatic hydroxyl groups is 1. The molecule has 0 bridgehead atoms. The maximum absolute atomic E-state index is 12.8. The third-order valence-electron chi connectivity index (χ3n) is 4.50. The zero-order chi connectivity index (χ0) is 20.0. The number of benzene rings is 2. The molecular formula is C19H13N3O5S. The van der Waals surface area contributed by atoms with Crippen molar-refractivity contribution < 1.29 is 19.6 Å². The number of nitro benzene ring substituents is 1. The number of rotatable bonds is 4. The van der Waals surface area contributed by atoms with E-state index in [1.54, 1.807) is 6.07 Å². The Morgan fingerprint density at radius 1 is 1.21 bits per heavy atom. The van der Waals surface area contributed by atoms with Crippen LogP contribution in [0.4, 0.5) is 10.8 Å². The van der Waals surface area contributed by atoms with Crippen molar-refractivity contribution >= 4 is 44.1 Å². The Labute approximate surface area is 162 Å². The van der Waals surface area contributed by atoms with Crippen LogP contribution in [-0.2, 0) is 9.59 Å². The van der Waals surface area contributed by atoms with Crippen molar-refractivity contribution in [3.63, 3.8) is 0 Å². The maximum Gasteiger partial charge on any atom is 0.296 e. The van der Waals surface area contributed by atoms with Gasteiger partial charge in [-0.3, -0.25) is 24.6 Å². The highest BCUT2D eigenvalue weighted by molar-refractivity contribution is 7.22. The standard InChI is InChI=1S/C19H13N3O5S/c1-10(23)15-16(11-6-8-12(9-7-11)22(26)27)21(18(25)17(15)24)19-20-13-4-2-3-5-14(13)28-19/h2-9,16,24H,1H3. The van der Waals surface area contributed by atoms with Crippen LogP contribution in [0.15, 0.2) is 59.9 Å². The molecular weight excluding hydrogens is 382 g/mol. The summed E-state index contributed by atoms with van der Waals surface area (Å²) in [6.45, 7) is 1.26. The minimum absolute atomic E-state index is 0.0573. The molecule has 0 saturated carbocycles. The number of hydrogen-bond donors (Lipinski definition) is 1. The highest BCUT2D eigenvalue weighted by Crippen LogP contribution is 2.43. The molecule has 9 heteroatoms. The molecule has 1 aliphatic rings. The number of carbonyl (C=O) groups excluding carboxylic acids is 2. The van der Waals surface area contributed by atoms with E-state index in [9.17, 15) is 24.8 Å². The average molecular weight is 395 g/mol. The molecule has 3 aromatic rings. The number of hydrogen-bond acceptors (Lipinski definition) is 7. The number of nitro groups is 1. The molecule has 1 amide bonds. The molecule has 8 nitrogen and oxygen atoms in total. The first kappa shape index (κ1) is 17.8. The fourth-order valence-electron chi connectivity index (χ4n) is 3.22. The Hall–Kier alpha value is -3.59. The first-order valence-corrected chi connectivity index (χ1v) is 9.07. The van der Waals surface area contributed by atoms with Gasteiger partial charge in [0.2, 0.25) is 0 Å². The number of Topliss-reactive ketones (excluding diaryl/α,β-unsaturated/α-hetero) is 1. The topological polar surface area (TPSA) is 114 Å². The van der Waals surface area contributed by atoms with E-state index >= 15 is 0 Å². The van der Waals surface area contributed by atoms with Crippen LogP contribution in [0.25, 0.3) is 10.2 Å². The van der Waals surface area contributed by atoms with Crippen LogP contribution in [0.2, 0.25) is 0 Å². The molecule has 0 aliphatic carbocycles. The number of para-hydroxylation sites is 1. The van der Waals surface area contributed by atoms with Crippen LogP contribution < -0.4 is 4.90 Å². The van der Waals surface area contributed by atoms with Gasteiger partial charge in [0.05, 0.1) is 26.8 Å². The minimum Gasteiger partial charge on any atom is -0.503 e. The number of nitrogens with zero attached hydrogens (tertiary/aromatic N) is 3. The van der Waals surface area contributed by atoms with E-state index in [1.165, 1.54) is 47.4 Å². The van der Waals surface area contributed by atoms with E-state index in [0.29, 0.717) is 16.2 Å². The van der Waals surface area contributed by atoms with Crippen LogP contribution in [0.3, 0.4) is 0 Å². The molecule has 0 saturated heterocycles. The molecule has 4 rings (SSSR count). The van der Waals surface area contributed by atoms with Crippen LogP contribution in [-0.4, -0.2) is 26.7 Å². The Morgan fingerprint density at radius 3 is 2.50 bits per heavy atom. The monoisotopic (exact) mass is 395 g/mol. The lowest BCUT2D eigenvalue weighted by atomic mass is 9.97. The highest BCUT2D eigenvalue weighted by atomic mass is 32.1. The molecule has 1 atom stereocenters. The fourth-order valence-corrected chi connectivity index (χ4v) is 4.21. The van der Waals surface area contributed by atoms with E-state index < -0.39 is 28.4 Å². The molecule has 0 radical (unpaired) electrons. The van der Waals surface area contributed by atoms with Crippen molar-refractivity contribution in [2.45, 2.75) is 13.0 Å². The summed E-state index contributed by atoms with van der Waals surface area (Å²) < 4.78 is 0.850. The number of amides is 1. The first-order chi connectivity index (χ1) is 13.4. The number of anilines is 1. The number of non-ortho nitro benzene ring substituents is 1.